The van der Waals surface area contributed by atoms with Gasteiger partial charge in [0, 0.05) is 6.54 Å². The smallest absolute Gasteiger partial charge is 0.227 e. The molecule has 1 saturated heterocycles. The molecule has 0 radical (unpaired) electrons. The number of aromatic amines is 1. The molecule has 0 aliphatic carbocycles. The fourth-order valence-electron chi connectivity index (χ4n) is 3.26. The fraction of sp³-hybridized carbons (Fsp3) is 0.500. The maximum absolute atomic E-state index is 12.9. The maximum atomic E-state index is 12.9. The van der Waals surface area contributed by atoms with E-state index >= 15 is 0 Å². The van der Waals surface area contributed by atoms with Crippen molar-refractivity contribution in [2.75, 3.05) is 13.7 Å². The largest absolute Gasteiger partial charge is 0.496 e. The Morgan fingerprint density at radius 3 is 2.92 bits per heavy atom. The van der Waals surface area contributed by atoms with Gasteiger partial charge >= 0.3 is 0 Å². The molecule has 1 aromatic carbocycles. The number of carbonyl (C=O) groups is 1. The summed E-state index contributed by atoms with van der Waals surface area (Å²) in [6.07, 6.45) is 3.42. The minimum absolute atomic E-state index is 0.0245. The van der Waals surface area contributed by atoms with E-state index in [1.807, 2.05) is 36.9 Å². The van der Waals surface area contributed by atoms with E-state index in [0.717, 1.165) is 54.3 Å². The van der Waals surface area contributed by atoms with Crippen molar-refractivity contribution in [3.05, 3.63) is 41.0 Å². The summed E-state index contributed by atoms with van der Waals surface area (Å²) < 4.78 is 5.36. The summed E-state index contributed by atoms with van der Waals surface area (Å²) in [5.41, 5.74) is 2.04. The van der Waals surface area contributed by atoms with Crippen LogP contribution in [0.15, 0.2) is 18.2 Å². The number of likely N-dealkylation sites (tertiary alicyclic amines) is 1. The third kappa shape index (κ3) is 3.42. The zero-order valence-electron chi connectivity index (χ0n) is 14.5. The molecule has 24 heavy (non-hydrogen) atoms. The predicted octanol–water partition coefficient (Wildman–Crippen LogP) is 2.73. The van der Waals surface area contributed by atoms with Crippen molar-refractivity contribution in [1.82, 2.24) is 20.1 Å². The number of benzene rings is 1. The van der Waals surface area contributed by atoms with Crippen LogP contribution in [0, 0.1) is 13.8 Å². The van der Waals surface area contributed by atoms with Crippen molar-refractivity contribution in [2.24, 2.45) is 0 Å². The van der Waals surface area contributed by atoms with Crippen LogP contribution < -0.4 is 4.74 Å². The van der Waals surface area contributed by atoms with Crippen molar-refractivity contribution < 1.29 is 9.53 Å². The number of nitrogens with one attached hydrogen (secondary N) is 1. The van der Waals surface area contributed by atoms with Gasteiger partial charge in [0.1, 0.15) is 11.6 Å². The Balaban J connectivity index is 1.77. The van der Waals surface area contributed by atoms with E-state index in [1.54, 1.807) is 7.11 Å². The molecule has 1 aromatic heterocycles. The molecule has 1 aliphatic heterocycles. The molecular formula is C18H24N4O2. The summed E-state index contributed by atoms with van der Waals surface area (Å²) in [6, 6.07) is 5.91. The number of aromatic nitrogens is 3. The van der Waals surface area contributed by atoms with Gasteiger partial charge < -0.3 is 9.64 Å². The van der Waals surface area contributed by atoms with Crippen LogP contribution in [0.5, 0.6) is 5.75 Å². The number of piperidine rings is 1. The van der Waals surface area contributed by atoms with E-state index < -0.39 is 0 Å². The lowest BCUT2D eigenvalue weighted by atomic mass is 10.00. The van der Waals surface area contributed by atoms with Gasteiger partial charge in [-0.05, 0) is 50.3 Å². The van der Waals surface area contributed by atoms with Crippen LogP contribution in [-0.2, 0) is 11.2 Å². The van der Waals surface area contributed by atoms with E-state index in [-0.39, 0.29) is 11.9 Å². The lowest BCUT2D eigenvalue weighted by molar-refractivity contribution is -0.134. The number of H-pyrrole nitrogens is 1. The van der Waals surface area contributed by atoms with Crippen LogP contribution in [0.3, 0.4) is 0 Å². The van der Waals surface area contributed by atoms with Gasteiger partial charge in [-0.25, -0.2) is 4.98 Å². The Kier molecular flexibility index (Phi) is 4.83. The first-order chi connectivity index (χ1) is 11.6. The summed E-state index contributed by atoms with van der Waals surface area (Å²) in [7, 11) is 1.65. The van der Waals surface area contributed by atoms with Crippen LogP contribution in [0.25, 0.3) is 0 Å². The van der Waals surface area contributed by atoms with Crippen LogP contribution in [0.1, 0.15) is 48.1 Å². The first-order valence-electron chi connectivity index (χ1n) is 8.40. The Morgan fingerprint density at radius 1 is 1.38 bits per heavy atom. The molecule has 0 spiro atoms. The van der Waals surface area contributed by atoms with E-state index in [0.29, 0.717) is 6.42 Å². The Hall–Kier alpha value is -2.37. The third-order valence-electron chi connectivity index (χ3n) is 4.56. The lowest BCUT2D eigenvalue weighted by Crippen LogP contribution is -2.39. The highest BCUT2D eigenvalue weighted by Gasteiger charge is 2.30. The molecule has 3 rings (SSSR count). The number of amides is 1. The Morgan fingerprint density at radius 2 is 2.21 bits per heavy atom. The van der Waals surface area contributed by atoms with Gasteiger partial charge in [0.05, 0.1) is 19.6 Å². The van der Waals surface area contributed by atoms with Gasteiger partial charge in [-0.3, -0.25) is 9.89 Å². The number of hydrogen-bond donors (Lipinski definition) is 1. The Bertz CT molecular complexity index is 726. The topological polar surface area (TPSA) is 71.1 Å². The summed E-state index contributed by atoms with van der Waals surface area (Å²) in [5.74, 6) is 2.45. The highest BCUT2D eigenvalue weighted by molar-refractivity contribution is 5.79. The minimum atomic E-state index is -0.0245. The quantitative estimate of drug-likeness (QED) is 0.937. The normalized spacial score (nSPS) is 17.8. The molecular weight excluding hydrogens is 304 g/mol. The number of nitrogens with zero attached hydrogens (tertiary/aromatic N) is 3. The Labute approximate surface area is 142 Å². The minimum Gasteiger partial charge on any atom is -0.496 e. The molecule has 2 aromatic rings. The van der Waals surface area contributed by atoms with Crippen molar-refractivity contribution in [3.63, 3.8) is 0 Å². The summed E-state index contributed by atoms with van der Waals surface area (Å²) >= 11 is 0. The zero-order chi connectivity index (χ0) is 17.1. The molecule has 128 valence electrons. The van der Waals surface area contributed by atoms with E-state index in [1.165, 1.54) is 0 Å². The summed E-state index contributed by atoms with van der Waals surface area (Å²) in [4.78, 5) is 19.2. The molecule has 1 fully saturated rings. The molecule has 1 aliphatic rings. The average Bonchev–Trinajstić information content (AvgIpc) is 3.03. The number of ether oxygens (including phenoxy) is 1. The monoisotopic (exact) mass is 328 g/mol. The first-order valence-corrected chi connectivity index (χ1v) is 8.40. The average molecular weight is 328 g/mol. The van der Waals surface area contributed by atoms with Crippen LogP contribution in [0.2, 0.25) is 0 Å². The summed E-state index contributed by atoms with van der Waals surface area (Å²) in [6.45, 7) is 4.64. The number of aryl methyl sites for hydroxylation is 2. The van der Waals surface area contributed by atoms with Gasteiger partial charge in [-0.2, -0.15) is 5.10 Å². The van der Waals surface area contributed by atoms with Gasteiger partial charge in [0.2, 0.25) is 5.91 Å². The van der Waals surface area contributed by atoms with Crippen LogP contribution >= 0.6 is 0 Å². The van der Waals surface area contributed by atoms with Crippen molar-refractivity contribution in [1.29, 1.82) is 0 Å². The zero-order valence-corrected chi connectivity index (χ0v) is 14.5. The first kappa shape index (κ1) is 16.5. The third-order valence-corrected chi connectivity index (χ3v) is 4.56. The molecule has 1 atom stereocenters. The van der Waals surface area contributed by atoms with Crippen molar-refractivity contribution >= 4 is 5.91 Å². The predicted molar refractivity (Wildman–Crippen MR) is 90.9 cm³/mol. The SMILES string of the molecule is COc1cc(CC(=O)N2CCCC[C@H]2c2n[nH]c(C)n2)ccc1C. The molecule has 6 nitrogen and oxygen atoms in total. The molecule has 0 saturated carbocycles. The van der Waals surface area contributed by atoms with E-state index in [2.05, 4.69) is 15.2 Å². The molecule has 1 amide bonds. The van der Waals surface area contributed by atoms with Crippen molar-refractivity contribution in [3.8, 4) is 5.75 Å². The molecule has 0 bridgehead atoms. The van der Waals surface area contributed by atoms with Crippen molar-refractivity contribution in [2.45, 2.75) is 45.6 Å². The number of methoxy groups -OCH3 is 1. The van der Waals surface area contributed by atoms with Gasteiger partial charge in [0.25, 0.3) is 0 Å². The molecule has 6 heteroatoms. The maximum Gasteiger partial charge on any atom is 0.227 e. The van der Waals surface area contributed by atoms with Gasteiger partial charge in [-0.1, -0.05) is 12.1 Å². The second-order valence-corrected chi connectivity index (χ2v) is 6.36. The molecule has 2 heterocycles. The van der Waals surface area contributed by atoms with Gasteiger partial charge in [0.15, 0.2) is 5.82 Å². The lowest BCUT2D eigenvalue weighted by Gasteiger charge is -2.34. The fourth-order valence-corrected chi connectivity index (χ4v) is 3.26. The van der Waals surface area contributed by atoms with Gasteiger partial charge in [-0.15, -0.1) is 0 Å². The highest BCUT2D eigenvalue weighted by atomic mass is 16.5. The second-order valence-electron chi connectivity index (χ2n) is 6.36. The van der Waals surface area contributed by atoms with E-state index in [4.69, 9.17) is 4.74 Å². The van der Waals surface area contributed by atoms with Crippen LogP contribution in [-0.4, -0.2) is 39.6 Å². The highest BCUT2D eigenvalue weighted by Crippen LogP contribution is 2.29. The molecule has 1 N–H and O–H groups in total. The van der Waals surface area contributed by atoms with Crippen LogP contribution in [0.4, 0.5) is 0 Å². The summed E-state index contributed by atoms with van der Waals surface area (Å²) in [5, 5.41) is 7.15. The standard InChI is InChI=1S/C18H24N4O2/c1-12-7-8-14(10-16(12)24-3)11-17(23)22-9-5-4-6-15(22)18-19-13(2)20-21-18/h7-8,10,15H,4-6,9,11H2,1-3H3,(H,19,20,21)/t15-/m0/s1. The number of hydrogen-bond acceptors (Lipinski definition) is 4. The number of rotatable bonds is 4. The second kappa shape index (κ2) is 7.03. The van der Waals surface area contributed by atoms with E-state index in [9.17, 15) is 4.79 Å². The number of carbonyl (C=O) groups excluding carboxylic acids is 1. The molecule has 0 unspecified atom stereocenters.